The second kappa shape index (κ2) is 8.37. The van der Waals surface area contributed by atoms with Crippen LogP contribution in [0.4, 0.5) is 10.5 Å². The van der Waals surface area contributed by atoms with Crippen LogP contribution in [0.2, 0.25) is 0 Å². The molecule has 0 saturated carbocycles. The van der Waals surface area contributed by atoms with Gasteiger partial charge in [-0.3, -0.25) is 4.90 Å². The molecule has 1 atom stereocenters. The summed E-state index contributed by atoms with van der Waals surface area (Å²) in [7, 11) is 0. The van der Waals surface area contributed by atoms with Crippen LogP contribution < -0.4 is 5.32 Å². The smallest absolute Gasteiger partial charge is 0.320 e. The number of rotatable bonds is 5. The zero-order valence-electron chi connectivity index (χ0n) is 16.0. The van der Waals surface area contributed by atoms with E-state index in [1.165, 1.54) is 11.1 Å². The predicted molar refractivity (Wildman–Crippen MR) is 107 cm³/mol. The van der Waals surface area contributed by atoms with Crippen molar-refractivity contribution in [2.24, 2.45) is 0 Å². The summed E-state index contributed by atoms with van der Waals surface area (Å²) in [6.45, 7) is 9.80. The molecule has 2 aromatic carbocycles. The Morgan fingerprint density at radius 1 is 1.19 bits per heavy atom. The monoisotopic (exact) mass is 351 g/mol. The maximum Gasteiger partial charge on any atom is 0.322 e. The van der Waals surface area contributed by atoms with Crippen molar-refractivity contribution in [1.29, 1.82) is 0 Å². The molecule has 0 radical (unpaired) electrons. The summed E-state index contributed by atoms with van der Waals surface area (Å²) >= 11 is 0. The number of benzene rings is 2. The van der Waals surface area contributed by atoms with Crippen molar-refractivity contribution in [3.63, 3.8) is 0 Å². The topological polar surface area (TPSA) is 35.6 Å². The summed E-state index contributed by atoms with van der Waals surface area (Å²) in [5.74, 6) is 0. The molecule has 1 fully saturated rings. The summed E-state index contributed by atoms with van der Waals surface area (Å²) in [6.07, 6.45) is 1.03. The largest absolute Gasteiger partial charge is 0.322 e. The van der Waals surface area contributed by atoms with Gasteiger partial charge in [0.25, 0.3) is 0 Å². The lowest BCUT2D eigenvalue weighted by atomic mass is 10.1. The van der Waals surface area contributed by atoms with E-state index in [0.717, 1.165) is 43.9 Å². The summed E-state index contributed by atoms with van der Waals surface area (Å²) in [5, 5.41) is 3.10. The van der Waals surface area contributed by atoms with Crippen molar-refractivity contribution in [3.8, 4) is 0 Å². The van der Waals surface area contributed by atoms with Crippen molar-refractivity contribution >= 4 is 11.7 Å². The Balaban J connectivity index is 1.60. The Kier molecular flexibility index (Phi) is 5.94. The molecule has 3 rings (SSSR count). The maximum atomic E-state index is 12.8. The van der Waals surface area contributed by atoms with Crippen LogP contribution >= 0.6 is 0 Å². The third-order valence-electron chi connectivity index (χ3n) is 5.16. The van der Waals surface area contributed by atoms with Crippen LogP contribution in [0.1, 0.15) is 30.0 Å². The van der Waals surface area contributed by atoms with Gasteiger partial charge in [0.2, 0.25) is 0 Å². The molecular weight excluding hydrogens is 322 g/mol. The van der Waals surface area contributed by atoms with Gasteiger partial charge in [0.15, 0.2) is 0 Å². The standard InChI is InChI=1S/C22H29N3O/c1-4-25(22(26)23-21-11-10-17(2)14-18(21)3)20-12-13-24(16-20)15-19-8-6-5-7-9-19/h5-11,14,20H,4,12-13,15-16H2,1-3H3,(H,23,26). The lowest BCUT2D eigenvalue weighted by Crippen LogP contribution is -2.44. The number of nitrogens with zero attached hydrogens (tertiary/aromatic N) is 2. The Morgan fingerprint density at radius 3 is 2.65 bits per heavy atom. The molecular formula is C22H29N3O. The van der Waals surface area contributed by atoms with E-state index in [1.54, 1.807) is 0 Å². The molecule has 1 aliphatic rings. The van der Waals surface area contributed by atoms with E-state index in [-0.39, 0.29) is 12.1 Å². The Hall–Kier alpha value is -2.33. The summed E-state index contributed by atoms with van der Waals surface area (Å²) in [6, 6.07) is 16.9. The summed E-state index contributed by atoms with van der Waals surface area (Å²) in [5.41, 5.74) is 4.54. The van der Waals surface area contributed by atoms with E-state index in [0.29, 0.717) is 0 Å². The van der Waals surface area contributed by atoms with Gasteiger partial charge >= 0.3 is 6.03 Å². The van der Waals surface area contributed by atoms with E-state index in [2.05, 4.69) is 54.4 Å². The highest BCUT2D eigenvalue weighted by Gasteiger charge is 2.30. The molecule has 138 valence electrons. The van der Waals surface area contributed by atoms with Crippen molar-refractivity contribution in [1.82, 2.24) is 9.80 Å². The molecule has 0 aromatic heterocycles. The highest BCUT2D eigenvalue weighted by atomic mass is 16.2. The number of anilines is 1. The second-order valence-corrected chi connectivity index (χ2v) is 7.20. The maximum absolute atomic E-state index is 12.8. The molecule has 0 aliphatic carbocycles. The van der Waals surface area contributed by atoms with Gasteiger partial charge in [0.05, 0.1) is 0 Å². The minimum Gasteiger partial charge on any atom is -0.320 e. The van der Waals surface area contributed by atoms with E-state index in [9.17, 15) is 4.79 Å². The first-order chi connectivity index (χ1) is 12.6. The average molecular weight is 351 g/mol. The number of hydrogen-bond donors (Lipinski definition) is 1. The van der Waals surface area contributed by atoms with Crippen molar-refractivity contribution in [2.45, 2.75) is 39.8 Å². The molecule has 0 spiro atoms. The highest BCUT2D eigenvalue weighted by Crippen LogP contribution is 2.21. The van der Waals surface area contributed by atoms with Gasteiger partial charge in [-0.05, 0) is 44.4 Å². The number of likely N-dealkylation sites (tertiary alicyclic amines) is 1. The lowest BCUT2D eigenvalue weighted by molar-refractivity contribution is 0.189. The van der Waals surface area contributed by atoms with Crippen LogP contribution in [0.25, 0.3) is 0 Å². The Bertz CT molecular complexity index is 744. The fourth-order valence-corrected chi connectivity index (χ4v) is 3.76. The molecule has 0 bridgehead atoms. The van der Waals surface area contributed by atoms with Gasteiger partial charge < -0.3 is 10.2 Å². The van der Waals surface area contributed by atoms with Gasteiger partial charge in [-0.2, -0.15) is 0 Å². The molecule has 4 nitrogen and oxygen atoms in total. The number of carbonyl (C=O) groups is 1. The molecule has 2 aromatic rings. The van der Waals surface area contributed by atoms with Crippen molar-refractivity contribution in [2.75, 3.05) is 25.0 Å². The first-order valence-corrected chi connectivity index (χ1v) is 9.48. The zero-order valence-corrected chi connectivity index (χ0v) is 16.0. The molecule has 1 N–H and O–H groups in total. The molecule has 1 aliphatic heterocycles. The summed E-state index contributed by atoms with van der Waals surface area (Å²) in [4.78, 5) is 17.2. The third kappa shape index (κ3) is 4.44. The predicted octanol–water partition coefficient (Wildman–Crippen LogP) is 4.43. The molecule has 4 heteroatoms. The van der Waals surface area contributed by atoms with Gasteiger partial charge in [-0.1, -0.05) is 48.0 Å². The van der Waals surface area contributed by atoms with Crippen molar-refractivity contribution in [3.05, 3.63) is 65.2 Å². The Labute approximate surface area is 156 Å². The number of likely N-dealkylation sites (N-methyl/N-ethyl adjacent to an activating group) is 1. The molecule has 2 amide bonds. The molecule has 1 saturated heterocycles. The minimum absolute atomic E-state index is 0.00557. The molecule has 26 heavy (non-hydrogen) atoms. The van der Waals surface area contributed by atoms with Crippen molar-refractivity contribution < 1.29 is 4.79 Å². The molecule has 1 heterocycles. The summed E-state index contributed by atoms with van der Waals surface area (Å²) < 4.78 is 0. The number of nitrogens with one attached hydrogen (secondary N) is 1. The lowest BCUT2D eigenvalue weighted by Gasteiger charge is -2.28. The van der Waals surface area contributed by atoms with E-state index in [1.807, 2.05) is 30.0 Å². The highest BCUT2D eigenvalue weighted by molar-refractivity contribution is 5.90. The quantitative estimate of drug-likeness (QED) is 0.865. The van der Waals surface area contributed by atoms with E-state index >= 15 is 0 Å². The Morgan fingerprint density at radius 2 is 1.96 bits per heavy atom. The fourth-order valence-electron chi connectivity index (χ4n) is 3.76. The van der Waals surface area contributed by atoms with Crippen LogP contribution in [-0.2, 0) is 6.54 Å². The van der Waals surface area contributed by atoms with Gasteiger partial charge in [0.1, 0.15) is 0 Å². The number of carbonyl (C=O) groups excluding carboxylic acids is 1. The number of hydrogen-bond acceptors (Lipinski definition) is 2. The van der Waals surface area contributed by atoms with E-state index in [4.69, 9.17) is 0 Å². The first-order valence-electron chi connectivity index (χ1n) is 9.48. The average Bonchev–Trinajstić information content (AvgIpc) is 3.07. The fraction of sp³-hybridized carbons (Fsp3) is 0.409. The van der Waals surface area contributed by atoms with Gasteiger partial charge in [-0.15, -0.1) is 0 Å². The second-order valence-electron chi connectivity index (χ2n) is 7.20. The first kappa shape index (κ1) is 18.5. The minimum atomic E-state index is 0.00557. The van der Waals surface area contributed by atoms with E-state index < -0.39 is 0 Å². The SMILES string of the molecule is CCN(C(=O)Nc1ccc(C)cc1C)C1CCN(Cc2ccccc2)C1. The van der Waals surface area contributed by atoms with Crippen LogP contribution in [0.15, 0.2) is 48.5 Å². The van der Waals surface area contributed by atoms with Crippen LogP contribution in [0, 0.1) is 13.8 Å². The number of aryl methyl sites for hydroxylation is 2. The van der Waals surface area contributed by atoms with Crippen LogP contribution in [-0.4, -0.2) is 41.5 Å². The van der Waals surface area contributed by atoms with Crippen LogP contribution in [0.3, 0.4) is 0 Å². The zero-order chi connectivity index (χ0) is 18.5. The van der Waals surface area contributed by atoms with Gasteiger partial charge in [-0.25, -0.2) is 4.79 Å². The molecule has 1 unspecified atom stereocenters. The normalized spacial score (nSPS) is 17.3. The van der Waals surface area contributed by atoms with Gasteiger partial charge in [0, 0.05) is 37.9 Å². The number of urea groups is 1. The number of amides is 2. The van der Waals surface area contributed by atoms with Crippen LogP contribution in [0.5, 0.6) is 0 Å². The third-order valence-corrected chi connectivity index (χ3v) is 5.16.